The molecule has 0 saturated carbocycles. The molecule has 0 aliphatic carbocycles. The van der Waals surface area contributed by atoms with Gasteiger partial charge in [-0.15, -0.1) is 0 Å². The lowest BCUT2D eigenvalue weighted by Gasteiger charge is -2.27. The molecule has 142 valence electrons. The first kappa shape index (κ1) is 20.6. The number of amides is 1. The maximum absolute atomic E-state index is 13.3. The van der Waals surface area contributed by atoms with Crippen LogP contribution in [0.2, 0.25) is 5.15 Å². The Bertz CT molecular complexity index is 800. The van der Waals surface area contributed by atoms with Crippen LogP contribution in [0.1, 0.15) is 41.2 Å². The second-order valence-corrected chi connectivity index (χ2v) is 8.01. The molecule has 26 heavy (non-hydrogen) atoms. The highest BCUT2D eigenvalue weighted by Gasteiger charge is 2.39. The minimum absolute atomic E-state index is 0.184. The first-order chi connectivity index (χ1) is 12.3. The molecule has 0 radical (unpaired) electrons. The zero-order valence-electron chi connectivity index (χ0n) is 15.2. The van der Waals surface area contributed by atoms with Crippen molar-refractivity contribution >= 4 is 25.1 Å². The number of hydrogen-bond donors (Lipinski definition) is 1. The van der Waals surface area contributed by atoms with E-state index in [0.717, 1.165) is 0 Å². The number of aryl methyl sites for hydroxylation is 2. The molecule has 1 heterocycles. The molecule has 0 aliphatic heterocycles. The molecule has 1 aromatic carbocycles. The van der Waals surface area contributed by atoms with Gasteiger partial charge in [-0.1, -0.05) is 41.9 Å². The average molecular weight is 400 g/mol. The van der Waals surface area contributed by atoms with Gasteiger partial charge in [0.25, 0.3) is 5.91 Å². The van der Waals surface area contributed by atoms with Crippen LogP contribution in [0.3, 0.4) is 0 Å². The third-order valence-corrected chi connectivity index (χ3v) is 6.43. The summed E-state index contributed by atoms with van der Waals surface area (Å²) in [6.07, 6.45) is 0. The molecular weight excluding hydrogens is 377 g/mol. The zero-order valence-corrected chi connectivity index (χ0v) is 16.9. The molecule has 1 atom stereocenters. The van der Waals surface area contributed by atoms with Gasteiger partial charge in [-0.25, -0.2) is 0 Å². The third kappa shape index (κ3) is 4.35. The Balaban J connectivity index is 2.44. The number of nitrogens with one attached hydrogen (secondary N) is 1. The maximum atomic E-state index is 13.3. The Labute approximate surface area is 158 Å². The Morgan fingerprint density at radius 3 is 2.31 bits per heavy atom. The average Bonchev–Trinajstić information content (AvgIpc) is 2.86. The predicted octanol–water partition coefficient (Wildman–Crippen LogP) is 4.08. The molecule has 2 rings (SSSR count). The van der Waals surface area contributed by atoms with Gasteiger partial charge < -0.3 is 14.4 Å². The Hall–Kier alpha value is -1.66. The SMILES string of the molecule is CCOP(=O)(OCC)[C@@H](NC(=O)c1c(C)nn(C)c1Cl)c1ccccc1. The molecule has 0 saturated heterocycles. The molecule has 0 aliphatic rings. The van der Waals surface area contributed by atoms with E-state index in [-0.39, 0.29) is 23.9 Å². The third-order valence-electron chi connectivity index (χ3n) is 3.70. The van der Waals surface area contributed by atoms with E-state index in [2.05, 4.69) is 10.4 Å². The fourth-order valence-corrected chi connectivity index (χ4v) is 4.78. The minimum atomic E-state index is -3.65. The number of carbonyl (C=O) groups is 1. The van der Waals surface area contributed by atoms with Gasteiger partial charge in [0.05, 0.1) is 24.5 Å². The predicted molar refractivity (Wildman–Crippen MR) is 100 cm³/mol. The second kappa shape index (κ2) is 8.82. The summed E-state index contributed by atoms with van der Waals surface area (Å²) in [7, 11) is -2.01. The lowest BCUT2D eigenvalue weighted by molar-refractivity contribution is 0.0936. The van der Waals surface area contributed by atoms with Crippen LogP contribution in [0.5, 0.6) is 0 Å². The highest BCUT2D eigenvalue weighted by molar-refractivity contribution is 7.54. The van der Waals surface area contributed by atoms with Crippen molar-refractivity contribution in [2.75, 3.05) is 13.2 Å². The fraction of sp³-hybridized carbons (Fsp3) is 0.412. The Morgan fingerprint density at radius 2 is 1.85 bits per heavy atom. The van der Waals surface area contributed by atoms with Crippen LogP contribution in [0.25, 0.3) is 0 Å². The molecule has 1 N–H and O–H groups in total. The highest BCUT2D eigenvalue weighted by atomic mass is 35.5. The van der Waals surface area contributed by atoms with E-state index in [9.17, 15) is 9.36 Å². The number of benzene rings is 1. The number of rotatable bonds is 8. The van der Waals surface area contributed by atoms with Gasteiger partial charge in [0, 0.05) is 7.05 Å². The summed E-state index contributed by atoms with van der Waals surface area (Å²) >= 11 is 6.18. The lowest BCUT2D eigenvalue weighted by atomic mass is 10.2. The molecule has 0 fully saturated rings. The number of carbonyl (C=O) groups excluding carboxylic acids is 1. The van der Waals surface area contributed by atoms with Crippen LogP contribution in [0.15, 0.2) is 30.3 Å². The summed E-state index contributed by atoms with van der Waals surface area (Å²) in [6, 6.07) is 8.93. The fourth-order valence-electron chi connectivity index (χ4n) is 2.61. The van der Waals surface area contributed by atoms with Gasteiger partial charge in [0.1, 0.15) is 5.15 Å². The van der Waals surface area contributed by atoms with E-state index in [1.165, 1.54) is 4.68 Å². The summed E-state index contributed by atoms with van der Waals surface area (Å²) in [5.74, 6) is -1.46. The van der Waals surface area contributed by atoms with E-state index in [0.29, 0.717) is 11.3 Å². The largest absolute Gasteiger partial charge is 0.357 e. The molecule has 2 aromatic rings. The lowest BCUT2D eigenvalue weighted by Crippen LogP contribution is -2.30. The normalized spacial score (nSPS) is 12.8. The summed E-state index contributed by atoms with van der Waals surface area (Å²) in [5, 5.41) is 7.11. The smallest absolute Gasteiger partial charge is 0.334 e. The molecule has 0 bridgehead atoms. The maximum Gasteiger partial charge on any atom is 0.357 e. The van der Waals surface area contributed by atoms with E-state index < -0.39 is 19.3 Å². The Morgan fingerprint density at radius 1 is 1.27 bits per heavy atom. The van der Waals surface area contributed by atoms with Crippen LogP contribution in [0.4, 0.5) is 0 Å². The summed E-state index contributed by atoms with van der Waals surface area (Å²) in [6.45, 7) is 5.49. The van der Waals surface area contributed by atoms with Crippen LogP contribution in [0, 0.1) is 6.92 Å². The van der Waals surface area contributed by atoms with E-state index in [1.54, 1.807) is 52.1 Å². The van der Waals surface area contributed by atoms with Gasteiger partial charge in [0.2, 0.25) is 0 Å². The van der Waals surface area contributed by atoms with Crippen LogP contribution in [-0.4, -0.2) is 28.9 Å². The first-order valence-corrected chi connectivity index (χ1v) is 10.3. The summed E-state index contributed by atoms with van der Waals surface area (Å²) < 4.78 is 25.7. The van der Waals surface area contributed by atoms with Gasteiger partial charge >= 0.3 is 7.60 Å². The van der Waals surface area contributed by atoms with Crippen LogP contribution < -0.4 is 5.32 Å². The summed E-state index contributed by atoms with van der Waals surface area (Å²) in [4.78, 5) is 12.9. The molecule has 0 spiro atoms. The molecule has 1 amide bonds. The van der Waals surface area contributed by atoms with Crippen LogP contribution in [-0.2, 0) is 20.7 Å². The molecule has 9 heteroatoms. The standard InChI is InChI=1S/C17H23ClN3O4P/c1-5-24-26(23,25-6-2)17(13-10-8-7-9-11-13)19-16(22)14-12(3)20-21(4)15(14)18/h7-11,17H,5-6H2,1-4H3,(H,19,22)/t17-/m1/s1. The zero-order chi connectivity index (χ0) is 19.3. The van der Waals surface area contributed by atoms with E-state index in [4.69, 9.17) is 20.6 Å². The van der Waals surface area contributed by atoms with E-state index in [1.807, 2.05) is 6.07 Å². The quantitative estimate of drug-likeness (QED) is 0.676. The second-order valence-electron chi connectivity index (χ2n) is 5.54. The van der Waals surface area contributed by atoms with Gasteiger partial charge in [0.15, 0.2) is 5.78 Å². The van der Waals surface area contributed by atoms with Crippen molar-refractivity contribution in [3.05, 3.63) is 52.3 Å². The molecule has 0 unspecified atom stereocenters. The number of halogens is 1. The van der Waals surface area contributed by atoms with Crippen molar-refractivity contribution in [3.63, 3.8) is 0 Å². The monoisotopic (exact) mass is 399 g/mol. The molecule has 7 nitrogen and oxygen atoms in total. The molecular formula is C17H23ClN3O4P. The van der Waals surface area contributed by atoms with Gasteiger partial charge in [-0.2, -0.15) is 5.10 Å². The van der Waals surface area contributed by atoms with Crippen molar-refractivity contribution in [1.29, 1.82) is 0 Å². The van der Waals surface area contributed by atoms with Crippen LogP contribution >= 0.6 is 19.2 Å². The Kier molecular flexibility index (Phi) is 7.01. The van der Waals surface area contributed by atoms with Crippen molar-refractivity contribution in [3.8, 4) is 0 Å². The topological polar surface area (TPSA) is 82.4 Å². The van der Waals surface area contributed by atoms with Crippen molar-refractivity contribution in [1.82, 2.24) is 15.1 Å². The first-order valence-electron chi connectivity index (χ1n) is 8.27. The van der Waals surface area contributed by atoms with Crippen molar-refractivity contribution in [2.24, 2.45) is 7.05 Å². The van der Waals surface area contributed by atoms with Crippen molar-refractivity contribution in [2.45, 2.75) is 26.6 Å². The number of nitrogens with zero attached hydrogens (tertiary/aromatic N) is 2. The minimum Gasteiger partial charge on any atom is -0.334 e. The van der Waals surface area contributed by atoms with Gasteiger partial charge in [-0.3, -0.25) is 14.0 Å². The summed E-state index contributed by atoms with van der Waals surface area (Å²) in [5.41, 5.74) is 1.32. The van der Waals surface area contributed by atoms with Gasteiger partial charge in [-0.05, 0) is 26.3 Å². The number of aromatic nitrogens is 2. The number of hydrogen-bond acceptors (Lipinski definition) is 5. The van der Waals surface area contributed by atoms with Crippen molar-refractivity contribution < 1.29 is 18.4 Å². The van der Waals surface area contributed by atoms with E-state index >= 15 is 0 Å². The molecule has 1 aromatic heterocycles. The highest BCUT2D eigenvalue weighted by Crippen LogP contribution is 2.59.